The number of H-pyrrole nitrogens is 1. The minimum Gasteiger partial charge on any atom is -0.294 e. The van der Waals surface area contributed by atoms with E-state index in [0.717, 1.165) is 12.1 Å². The van der Waals surface area contributed by atoms with Crippen molar-refractivity contribution in [1.82, 2.24) is 24.6 Å². The molecule has 0 aliphatic heterocycles. The molecule has 0 bridgehead atoms. The number of hydrogen-bond acceptors (Lipinski definition) is 5. The number of nitrogens with one attached hydrogen (secondary N) is 1. The lowest BCUT2D eigenvalue weighted by Gasteiger charge is -2.01. The Labute approximate surface area is 119 Å². The van der Waals surface area contributed by atoms with Crippen LogP contribution in [0.4, 0.5) is 0 Å². The zero-order valence-electron chi connectivity index (χ0n) is 11.1. The van der Waals surface area contributed by atoms with Crippen LogP contribution < -0.4 is 5.56 Å². The standard InChI is InChI=1S/C13H13N5OS/c1-3-8-6-11-15-10(7-12(19)18(11)17-8)9-4-5-14-13(16-9)20-2/h4-7,17H,3H2,1-2H3. The van der Waals surface area contributed by atoms with E-state index in [-0.39, 0.29) is 5.56 Å². The lowest BCUT2D eigenvalue weighted by molar-refractivity contribution is 0.857. The summed E-state index contributed by atoms with van der Waals surface area (Å²) in [6, 6.07) is 5.11. The molecule has 3 aromatic heterocycles. The first-order chi connectivity index (χ1) is 9.71. The minimum atomic E-state index is -0.144. The van der Waals surface area contributed by atoms with Gasteiger partial charge in [-0.2, -0.15) is 0 Å². The number of thioether (sulfide) groups is 1. The first-order valence-corrected chi connectivity index (χ1v) is 7.43. The summed E-state index contributed by atoms with van der Waals surface area (Å²) < 4.78 is 1.44. The van der Waals surface area contributed by atoms with Crippen LogP contribution >= 0.6 is 11.8 Å². The van der Waals surface area contributed by atoms with Crippen LogP contribution in [0.1, 0.15) is 12.6 Å². The second kappa shape index (κ2) is 5.09. The van der Waals surface area contributed by atoms with Gasteiger partial charge in [-0.15, -0.1) is 0 Å². The molecule has 0 aliphatic carbocycles. The van der Waals surface area contributed by atoms with Crippen LogP contribution in [0.2, 0.25) is 0 Å². The molecule has 3 heterocycles. The number of fused-ring (bicyclic) bond motifs is 1. The second-order valence-corrected chi connectivity index (χ2v) is 5.01. The topological polar surface area (TPSA) is 75.9 Å². The van der Waals surface area contributed by atoms with Crippen molar-refractivity contribution in [3.05, 3.63) is 40.4 Å². The van der Waals surface area contributed by atoms with Gasteiger partial charge in [0.15, 0.2) is 10.8 Å². The fraction of sp³-hybridized carbons (Fsp3) is 0.231. The van der Waals surface area contributed by atoms with Crippen molar-refractivity contribution in [2.24, 2.45) is 0 Å². The van der Waals surface area contributed by atoms with Crippen LogP contribution in [0.15, 0.2) is 34.3 Å². The van der Waals surface area contributed by atoms with E-state index in [1.807, 2.05) is 19.2 Å². The third-order valence-corrected chi connectivity index (χ3v) is 3.52. The van der Waals surface area contributed by atoms with Gasteiger partial charge in [0.05, 0.1) is 11.4 Å². The molecule has 0 unspecified atom stereocenters. The van der Waals surface area contributed by atoms with Crippen molar-refractivity contribution in [1.29, 1.82) is 0 Å². The Morgan fingerprint density at radius 3 is 2.90 bits per heavy atom. The predicted molar refractivity (Wildman–Crippen MR) is 78.0 cm³/mol. The molecule has 0 aromatic carbocycles. The molecule has 7 heteroatoms. The first-order valence-electron chi connectivity index (χ1n) is 6.20. The molecule has 1 N–H and O–H groups in total. The first kappa shape index (κ1) is 12.9. The van der Waals surface area contributed by atoms with Gasteiger partial charge in [-0.25, -0.2) is 19.5 Å². The average Bonchev–Trinajstić information content (AvgIpc) is 2.91. The Bertz CT molecular complexity index is 823. The molecule has 0 amide bonds. The van der Waals surface area contributed by atoms with Crippen molar-refractivity contribution in [3.8, 4) is 11.4 Å². The van der Waals surface area contributed by atoms with Gasteiger partial charge in [-0.3, -0.25) is 9.89 Å². The molecule has 0 aliphatic rings. The average molecular weight is 287 g/mol. The second-order valence-electron chi connectivity index (χ2n) is 4.24. The lowest BCUT2D eigenvalue weighted by Crippen LogP contribution is -2.14. The van der Waals surface area contributed by atoms with E-state index in [4.69, 9.17) is 0 Å². The number of nitrogens with zero attached hydrogens (tertiary/aromatic N) is 4. The summed E-state index contributed by atoms with van der Waals surface area (Å²) in [5.41, 5.74) is 2.65. The van der Waals surface area contributed by atoms with Crippen LogP contribution in [0, 0.1) is 0 Å². The smallest absolute Gasteiger partial charge is 0.273 e. The summed E-state index contributed by atoms with van der Waals surface area (Å²) in [6.45, 7) is 2.02. The lowest BCUT2D eigenvalue weighted by atomic mass is 10.3. The highest BCUT2D eigenvalue weighted by Gasteiger charge is 2.09. The third-order valence-electron chi connectivity index (χ3n) is 2.96. The summed E-state index contributed by atoms with van der Waals surface area (Å²) in [4.78, 5) is 25.1. The molecule has 6 nitrogen and oxygen atoms in total. The summed E-state index contributed by atoms with van der Waals surface area (Å²) in [6.07, 6.45) is 4.40. The molecule has 0 atom stereocenters. The van der Waals surface area contributed by atoms with Gasteiger partial charge in [0.2, 0.25) is 0 Å². The molecule has 0 spiro atoms. The van der Waals surface area contributed by atoms with Crippen molar-refractivity contribution in [3.63, 3.8) is 0 Å². The largest absolute Gasteiger partial charge is 0.294 e. The van der Waals surface area contributed by atoms with E-state index < -0.39 is 0 Å². The molecule has 102 valence electrons. The number of aryl methyl sites for hydroxylation is 1. The van der Waals surface area contributed by atoms with Crippen LogP contribution in [0.3, 0.4) is 0 Å². The third kappa shape index (κ3) is 2.20. The van der Waals surface area contributed by atoms with Gasteiger partial charge in [-0.05, 0) is 18.7 Å². The van der Waals surface area contributed by atoms with Crippen molar-refractivity contribution >= 4 is 17.4 Å². The maximum atomic E-state index is 12.1. The number of aromatic amines is 1. The molecule has 0 radical (unpaired) electrons. The maximum Gasteiger partial charge on any atom is 0.273 e. The Morgan fingerprint density at radius 1 is 1.30 bits per heavy atom. The van der Waals surface area contributed by atoms with Crippen LogP contribution in [0.25, 0.3) is 17.0 Å². The fourth-order valence-electron chi connectivity index (χ4n) is 1.94. The zero-order valence-corrected chi connectivity index (χ0v) is 11.9. The van der Waals surface area contributed by atoms with E-state index in [1.54, 1.807) is 12.3 Å². The van der Waals surface area contributed by atoms with Crippen molar-refractivity contribution in [2.75, 3.05) is 6.26 Å². The molecule has 0 fully saturated rings. The predicted octanol–water partition coefficient (Wildman–Crippen LogP) is 1.76. The summed E-state index contributed by atoms with van der Waals surface area (Å²) in [5.74, 6) is 0. The highest BCUT2D eigenvalue weighted by atomic mass is 32.2. The van der Waals surface area contributed by atoms with Gasteiger partial charge in [-0.1, -0.05) is 18.7 Å². The number of hydrogen-bond donors (Lipinski definition) is 1. The SMILES string of the molecule is CCc1cc2nc(-c3ccnc(SC)n3)cc(=O)n2[nH]1. The highest BCUT2D eigenvalue weighted by molar-refractivity contribution is 7.98. The van der Waals surface area contributed by atoms with E-state index in [0.29, 0.717) is 22.2 Å². The maximum absolute atomic E-state index is 12.1. The Morgan fingerprint density at radius 2 is 2.15 bits per heavy atom. The molecule has 3 aromatic rings. The molecular weight excluding hydrogens is 274 g/mol. The van der Waals surface area contributed by atoms with Crippen molar-refractivity contribution < 1.29 is 0 Å². The Hall–Kier alpha value is -2.15. The molecule has 0 saturated heterocycles. The van der Waals surface area contributed by atoms with Crippen LogP contribution in [0.5, 0.6) is 0 Å². The van der Waals surface area contributed by atoms with E-state index in [1.165, 1.54) is 22.3 Å². The van der Waals surface area contributed by atoms with E-state index >= 15 is 0 Å². The molecule has 0 saturated carbocycles. The van der Waals surface area contributed by atoms with Gasteiger partial charge in [0, 0.05) is 24.0 Å². The van der Waals surface area contributed by atoms with Gasteiger partial charge < -0.3 is 0 Å². The van der Waals surface area contributed by atoms with Crippen molar-refractivity contribution in [2.45, 2.75) is 18.5 Å². The fourth-order valence-corrected chi connectivity index (χ4v) is 2.29. The minimum absolute atomic E-state index is 0.144. The Balaban J connectivity index is 2.18. The van der Waals surface area contributed by atoms with E-state index in [9.17, 15) is 4.79 Å². The van der Waals surface area contributed by atoms with E-state index in [2.05, 4.69) is 20.1 Å². The zero-order chi connectivity index (χ0) is 14.1. The van der Waals surface area contributed by atoms with Gasteiger partial charge >= 0.3 is 0 Å². The summed E-state index contributed by atoms with van der Waals surface area (Å²) in [7, 11) is 0. The molecule has 20 heavy (non-hydrogen) atoms. The molecular formula is C13H13N5OS. The van der Waals surface area contributed by atoms with Crippen LogP contribution in [-0.2, 0) is 6.42 Å². The normalized spacial score (nSPS) is 11.1. The van der Waals surface area contributed by atoms with Gasteiger partial charge in [0.1, 0.15) is 0 Å². The Kier molecular flexibility index (Phi) is 3.27. The summed E-state index contributed by atoms with van der Waals surface area (Å²) in [5, 5.41) is 3.68. The van der Waals surface area contributed by atoms with Gasteiger partial charge in [0.25, 0.3) is 5.56 Å². The van der Waals surface area contributed by atoms with Crippen LogP contribution in [-0.4, -0.2) is 30.8 Å². The number of rotatable bonds is 3. The number of aromatic nitrogens is 5. The highest BCUT2D eigenvalue weighted by Crippen LogP contribution is 2.16. The molecule has 3 rings (SSSR count). The monoisotopic (exact) mass is 287 g/mol. The summed E-state index contributed by atoms with van der Waals surface area (Å²) >= 11 is 1.45. The quantitative estimate of drug-likeness (QED) is 0.587.